The zero-order chi connectivity index (χ0) is 18.7. The summed E-state index contributed by atoms with van der Waals surface area (Å²) in [5.41, 5.74) is 5.76. The number of benzene rings is 1. The van der Waals surface area contributed by atoms with E-state index in [-0.39, 0.29) is 30.3 Å². The number of primary amides is 1. The minimum absolute atomic E-state index is 0.0512. The number of hydrogen-bond donors (Lipinski definition) is 2. The van der Waals surface area contributed by atoms with E-state index in [0.29, 0.717) is 18.5 Å². The molecule has 3 N–H and O–H groups in total. The normalized spacial score (nSPS) is 19.0. The maximum atomic E-state index is 12.7. The van der Waals surface area contributed by atoms with Gasteiger partial charge in [-0.1, -0.05) is 18.7 Å². The summed E-state index contributed by atoms with van der Waals surface area (Å²) in [6.45, 7) is 3.94. The molecule has 8 nitrogen and oxygen atoms in total. The van der Waals surface area contributed by atoms with Crippen LogP contribution in [0.25, 0.3) is 0 Å². The molecule has 138 valence electrons. The molecule has 1 aliphatic heterocycles. The predicted molar refractivity (Wildman–Crippen MR) is 93.3 cm³/mol. The Morgan fingerprint density at radius 2 is 1.92 bits per heavy atom. The summed E-state index contributed by atoms with van der Waals surface area (Å²) >= 11 is 0. The number of carbonyl (C=O) groups is 1. The molecule has 1 amide bonds. The van der Waals surface area contributed by atoms with Gasteiger partial charge in [0.1, 0.15) is 0 Å². The Kier molecular flexibility index (Phi) is 5.99. The van der Waals surface area contributed by atoms with Gasteiger partial charge in [0.05, 0.1) is 11.3 Å². The molecule has 0 radical (unpaired) electrons. The van der Waals surface area contributed by atoms with Gasteiger partial charge in [0.2, 0.25) is 26.0 Å². The van der Waals surface area contributed by atoms with E-state index in [0.717, 1.165) is 5.41 Å². The first-order valence-electron chi connectivity index (χ1n) is 7.63. The van der Waals surface area contributed by atoms with Gasteiger partial charge in [0, 0.05) is 25.0 Å². The fourth-order valence-corrected chi connectivity index (χ4v) is 4.72. The standard InChI is InChI=1S/C15H21N3O5S2/c1-2-24(20,21)17-10-13-7-8-18(11-13)25(22,23)14-5-3-12(4-6-14)9-15(16)19/h2-6,13,17H,1,7-11H2,(H2,16,19)/t13-/m1/s1. The van der Waals surface area contributed by atoms with Crippen molar-refractivity contribution in [3.05, 3.63) is 41.8 Å². The van der Waals surface area contributed by atoms with Crippen LogP contribution in [0.3, 0.4) is 0 Å². The predicted octanol–water partition coefficient (Wildman–Crippen LogP) is -0.212. The van der Waals surface area contributed by atoms with Crippen molar-refractivity contribution < 1.29 is 21.6 Å². The van der Waals surface area contributed by atoms with E-state index < -0.39 is 26.0 Å². The molecule has 0 saturated carbocycles. The second kappa shape index (κ2) is 7.65. The van der Waals surface area contributed by atoms with Crippen LogP contribution in [0.15, 0.2) is 41.1 Å². The van der Waals surface area contributed by atoms with Crippen molar-refractivity contribution in [3.8, 4) is 0 Å². The van der Waals surface area contributed by atoms with Crippen LogP contribution in [0.4, 0.5) is 0 Å². The summed E-state index contributed by atoms with van der Waals surface area (Å²) in [4.78, 5) is 11.0. The SMILES string of the molecule is C=CS(=O)(=O)NC[C@H]1CCN(S(=O)(=O)c2ccc(CC(N)=O)cc2)C1. The fourth-order valence-electron chi connectivity index (χ4n) is 2.60. The van der Waals surface area contributed by atoms with Crippen molar-refractivity contribution in [1.29, 1.82) is 0 Å². The Bertz CT molecular complexity index is 848. The molecule has 1 saturated heterocycles. The molecule has 0 bridgehead atoms. The summed E-state index contributed by atoms with van der Waals surface area (Å²) in [6, 6.07) is 6.01. The van der Waals surface area contributed by atoms with Crippen molar-refractivity contribution in [1.82, 2.24) is 9.03 Å². The van der Waals surface area contributed by atoms with Gasteiger partial charge < -0.3 is 5.73 Å². The first-order valence-corrected chi connectivity index (χ1v) is 10.6. The lowest BCUT2D eigenvalue weighted by Crippen LogP contribution is -2.32. The lowest BCUT2D eigenvalue weighted by Gasteiger charge is -2.17. The topological polar surface area (TPSA) is 127 Å². The third-order valence-electron chi connectivity index (χ3n) is 3.98. The highest BCUT2D eigenvalue weighted by atomic mass is 32.2. The van der Waals surface area contributed by atoms with Crippen LogP contribution in [0.5, 0.6) is 0 Å². The molecule has 1 heterocycles. The van der Waals surface area contributed by atoms with Gasteiger partial charge >= 0.3 is 0 Å². The lowest BCUT2D eigenvalue weighted by atomic mass is 10.1. The van der Waals surface area contributed by atoms with Gasteiger partial charge in [-0.25, -0.2) is 21.6 Å². The van der Waals surface area contributed by atoms with Gasteiger partial charge in [-0.05, 0) is 30.0 Å². The number of sulfonamides is 2. The van der Waals surface area contributed by atoms with Crippen molar-refractivity contribution in [3.63, 3.8) is 0 Å². The second-order valence-corrected chi connectivity index (χ2v) is 9.51. The Labute approximate surface area is 147 Å². The smallest absolute Gasteiger partial charge is 0.243 e. The maximum Gasteiger partial charge on any atom is 0.243 e. The van der Waals surface area contributed by atoms with Crippen LogP contribution in [-0.4, -0.2) is 46.7 Å². The molecule has 1 aromatic carbocycles. The molecule has 10 heteroatoms. The summed E-state index contributed by atoms with van der Waals surface area (Å²) in [5.74, 6) is -0.585. The van der Waals surface area contributed by atoms with E-state index in [1.165, 1.54) is 16.4 Å². The minimum Gasteiger partial charge on any atom is -0.369 e. The van der Waals surface area contributed by atoms with E-state index >= 15 is 0 Å². The number of nitrogens with zero attached hydrogens (tertiary/aromatic N) is 1. The molecule has 1 aliphatic rings. The number of hydrogen-bond acceptors (Lipinski definition) is 5. The molecule has 1 aromatic rings. The highest BCUT2D eigenvalue weighted by Crippen LogP contribution is 2.24. The molecule has 0 unspecified atom stereocenters. The molecule has 0 aromatic heterocycles. The zero-order valence-corrected chi connectivity index (χ0v) is 15.2. The van der Waals surface area contributed by atoms with Crippen molar-refractivity contribution in [2.24, 2.45) is 11.7 Å². The van der Waals surface area contributed by atoms with Gasteiger partial charge in [-0.3, -0.25) is 4.79 Å². The van der Waals surface area contributed by atoms with Gasteiger partial charge in [0.25, 0.3) is 0 Å². The highest BCUT2D eigenvalue weighted by molar-refractivity contribution is 7.92. The fraction of sp³-hybridized carbons (Fsp3) is 0.400. The Morgan fingerprint density at radius 3 is 2.48 bits per heavy atom. The van der Waals surface area contributed by atoms with E-state index in [1.807, 2.05) is 0 Å². The van der Waals surface area contributed by atoms with Gasteiger partial charge in [-0.15, -0.1) is 0 Å². The van der Waals surface area contributed by atoms with Crippen LogP contribution in [0.1, 0.15) is 12.0 Å². The van der Waals surface area contributed by atoms with E-state index in [4.69, 9.17) is 5.73 Å². The molecule has 0 spiro atoms. The van der Waals surface area contributed by atoms with Crippen LogP contribution in [-0.2, 0) is 31.3 Å². The average Bonchev–Trinajstić information content (AvgIpc) is 3.03. The van der Waals surface area contributed by atoms with E-state index in [9.17, 15) is 21.6 Å². The molecule has 1 fully saturated rings. The summed E-state index contributed by atoms with van der Waals surface area (Å²) in [5, 5.41) is 0.824. The lowest BCUT2D eigenvalue weighted by molar-refractivity contribution is -0.117. The number of nitrogens with one attached hydrogen (secondary N) is 1. The average molecular weight is 387 g/mol. The van der Waals surface area contributed by atoms with Crippen LogP contribution >= 0.6 is 0 Å². The van der Waals surface area contributed by atoms with Crippen LogP contribution in [0.2, 0.25) is 0 Å². The Balaban J connectivity index is 2.03. The van der Waals surface area contributed by atoms with Crippen LogP contribution < -0.4 is 10.5 Å². The highest BCUT2D eigenvalue weighted by Gasteiger charge is 2.32. The second-order valence-electron chi connectivity index (χ2n) is 5.86. The van der Waals surface area contributed by atoms with Crippen molar-refractivity contribution in [2.45, 2.75) is 17.7 Å². The van der Waals surface area contributed by atoms with Crippen LogP contribution in [0, 0.1) is 5.92 Å². The zero-order valence-electron chi connectivity index (χ0n) is 13.6. The molecule has 0 aliphatic carbocycles. The number of nitrogens with two attached hydrogens (primary N) is 1. The monoisotopic (exact) mass is 387 g/mol. The Morgan fingerprint density at radius 1 is 1.28 bits per heavy atom. The third-order valence-corrected chi connectivity index (χ3v) is 6.87. The third kappa shape index (κ3) is 5.11. The Hall–Kier alpha value is -1.75. The quantitative estimate of drug-likeness (QED) is 0.638. The minimum atomic E-state index is -3.66. The number of carbonyl (C=O) groups excluding carboxylic acids is 1. The van der Waals surface area contributed by atoms with E-state index in [1.54, 1.807) is 12.1 Å². The van der Waals surface area contributed by atoms with Gasteiger partial charge in [0.15, 0.2) is 0 Å². The maximum absolute atomic E-state index is 12.7. The number of rotatable bonds is 8. The number of amides is 1. The first kappa shape index (κ1) is 19.6. The van der Waals surface area contributed by atoms with E-state index in [2.05, 4.69) is 11.3 Å². The molecule has 2 rings (SSSR count). The largest absolute Gasteiger partial charge is 0.369 e. The summed E-state index contributed by atoms with van der Waals surface area (Å²) in [6.07, 6.45) is 0.619. The molecule has 1 atom stereocenters. The molecular weight excluding hydrogens is 366 g/mol. The van der Waals surface area contributed by atoms with Gasteiger partial charge in [-0.2, -0.15) is 4.31 Å². The first-order chi connectivity index (χ1) is 11.6. The summed E-state index contributed by atoms with van der Waals surface area (Å²) in [7, 11) is -7.18. The molecule has 25 heavy (non-hydrogen) atoms. The van der Waals surface area contributed by atoms with Crippen molar-refractivity contribution >= 4 is 26.0 Å². The summed E-state index contributed by atoms with van der Waals surface area (Å²) < 4.78 is 51.8. The molecular formula is C15H21N3O5S2. The van der Waals surface area contributed by atoms with Crippen molar-refractivity contribution in [2.75, 3.05) is 19.6 Å².